The van der Waals surface area contributed by atoms with Crippen molar-refractivity contribution in [2.45, 2.75) is 30.2 Å². The fraction of sp³-hybridized carbons (Fsp3) is 0.227. The highest BCUT2D eigenvalue weighted by Gasteiger charge is 2.23. The molecule has 0 aliphatic rings. The number of carboxylic acids is 1. The van der Waals surface area contributed by atoms with Gasteiger partial charge in [-0.3, -0.25) is 9.78 Å². The third-order valence-electron chi connectivity index (χ3n) is 4.64. The minimum absolute atomic E-state index is 0.114. The fourth-order valence-corrected chi connectivity index (χ4v) is 4.49. The van der Waals surface area contributed by atoms with Crippen molar-refractivity contribution in [1.82, 2.24) is 9.71 Å². The number of ether oxygens (including phenoxy) is 1. The molecule has 2 N–H and O–H groups in total. The molecule has 9 heteroatoms. The van der Waals surface area contributed by atoms with Crippen LogP contribution in [0.5, 0.6) is 5.75 Å². The Balaban J connectivity index is 1.72. The third-order valence-corrected chi connectivity index (χ3v) is 6.17. The molecule has 3 aromatic rings. The molecular weight excluding hydrogens is 420 g/mol. The molecule has 8 nitrogen and oxygen atoms in total. The number of hydrogen-bond donors (Lipinski definition) is 2. The van der Waals surface area contributed by atoms with Crippen molar-refractivity contribution in [1.29, 1.82) is 0 Å². The average molecular weight is 442 g/mol. The predicted molar refractivity (Wildman–Crippen MR) is 114 cm³/mol. The first kappa shape index (κ1) is 22.4. The summed E-state index contributed by atoms with van der Waals surface area (Å²) in [6.07, 6.45) is 2.18. The Morgan fingerprint density at radius 3 is 2.71 bits per heavy atom. The molecule has 2 aromatic carbocycles. The van der Waals surface area contributed by atoms with E-state index in [0.29, 0.717) is 12.7 Å². The van der Waals surface area contributed by atoms with E-state index >= 15 is 0 Å². The maximum atomic E-state index is 12.8. The molecule has 0 radical (unpaired) electrons. The van der Waals surface area contributed by atoms with Crippen molar-refractivity contribution < 1.29 is 27.9 Å². The quantitative estimate of drug-likeness (QED) is 0.438. The zero-order valence-corrected chi connectivity index (χ0v) is 17.4. The Morgan fingerprint density at radius 1 is 1.13 bits per heavy atom. The molecule has 1 atom stereocenters. The Kier molecular flexibility index (Phi) is 7.32. The Morgan fingerprint density at radius 2 is 1.94 bits per heavy atom. The number of para-hydroxylation sites is 1. The van der Waals surface area contributed by atoms with E-state index in [1.165, 1.54) is 12.1 Å². The van der Waals surface area contributed by atoms with Crippen LogP contribution in [-0.2, 0) is 26.0 Å². The van der Waals surface area contributed by atoms with E-state index in [4.69, 9.17) is 9.84 Å². The molecule has 0 aliphatic carbocycles. The number of sulfonamides is 1. The molecular formula is C22H22N2O6S. The number of nitrogens with one attached hydrogen (secondary N) is 1. The van der Waals surface area contributed by atoms with Crippen LogP contribution in [0, 0.1) is 0 Å². The zero-order valence-electron chi connectivity index (χ0n) is 16.6. The molecule has 0 fully saturated rings. The molecule has 31 heavy (non-hydrogen) atoms. The van der Waals surface area contributed by atoms with Crippen molar-refractivity contribution in [2.24, 2.45) is 0 Å². The monoisotopic (exact) mass is 442 g/mol. The van der Waals surface area contributed by atoms with Gasteiger partial charge in [-0.25, -0.2) is 13.1 Å². The lowest BCUT2D eigenvalue weighted by atomic mass is 10.1. The lowest BCUT2D eigenvalue weighted by Crippen LogP contribution is -2.36. The first-order valence-electron chi connectivity index (χ1n) is 9.64. The number of carboxylic acid groups (broad SMARTS) is 1. The van der Waals surface area contributed by atoms with Crippen molar-refractivity contribution >= 4 is 33.2 Å². The molecule has 0 bridgehead atoms. The summed E-state index contributed by atoms with van der Waals surface area (Å²) >= 11 is 0. The van der Waals surface area contributed by atoms with E-state index in [1.807, 2.05) is 30.3 Å². The van der Waals surface area contributed by atoms with E-state index in [0.717, 1.165) is 16.5 Å². The highest BCUT2D eigenvalue weighted by Crippen LogP contribution is 2.24. The van der Waals surface area contributed by atoms with Gasteiger partial charge in [-0.2, -0.15) is 0 Å². The van der Waals surface area contributed by atoms with Crippen molar-refractivity contribution in [2.75, 3.05) is 6.61 Å². The van der Waals surface area contributed by atoms with Crippen LogP contribution in [0.2, 0.25) is 0 Å². The number of benzene rings is 2. The van der Waals surface area contributed by atoms with Gasteiger partial charge in [-0.15, -0.1) is 0 Å². The molecule has 162 valence electrons. The van der Waals surface area contributed by atoms with Gasteiger partial charge in [-0.1, -0.05) is 30.3 Å². The summed E-state index contributed by atoms with van der Waals surface area (Å²) in [4.78, 5) is 26.1. The normalized spacial score (nSPS) is 12.4. The number of pyridine rings is 1. The molecule has 0 amide bonds. The van der Waals surface area contributed by atoms with Crippen LogP contribution >= 0.6 is 0 Å². The van der Waals surface area contributed by atoms with Crippen molar-refractivity contribution in [3.05, 3.63) is 66.4 Å². The number of aldehydes is 1. The highest BCUT2D eigenvalue weighted by atomic mass is 32.2. The number of aliphatic carboxylic acids is 1. The van der Waals surface area contributed by atoms with Gasteiger partial charge in [0, 0.05) is 24.4 Å². The van der Waals surface area contributed by atoms with Gasteiger partial charge in [0.25, 0.3) is 0 Å². The van der Waals surface area contributed by atoms with E-state index in [2.05, 4.69) is 9.71 Å². The molecule has 0 saturated carbocycles. The van der Waals surface area contributed by atoms with Gasteiger partial charge in [-0.05, 0) is 36.2 Å². The minimum Gasteiger partial charge on any atom is -0.492 e. The molecule has 1 aromatic heterocycles. The van der Waals surface area contributed by atoms with Crippen LogP contribution in [0.1, 0.15) is 18.4 Å². The maximum Gasteiger partial charge on any atom is 0.303 e. The van der Waals surface area contributed by atoms with E-state index in [1.54, 1.807) is 18.3 Å². The highest BCUT2D eigenvalue weighted by molar-refractivity contribution is 7.89. The molecule has 0 spiro atoms. The zero-order chi connectivity index (χ0) is 22.3. The van der Waals surface area contributed by atoms with E-state index in [-0.39, 0.29) is 30.1 Å². The van der Waals surface area contributed by atoms with Crippen LogP contribution in [0.4, 0.5) is 0 Å². The predicted octanol–water partition coefficient (Wildman–Crippen LogP) is 2.57. The van der Waals surface area contributed by atoms with Crippen molar-refractivity contribution in [3.63, 3.8) is 0 Å². The summed E-state index contributed by atoms with van der Waals surface area (Å²) in [7, 11) is -4.09. The van der Waals surface area contributed by atoms with Crippen LogP contribution in [0.15, 0.2) is 65.7 Å². The summed E-state index contributed by atoms with van der Waals surface area (Å²) < 4.78 is 33.5. The van der Waals surface area contributed by atoms with Gasteiger partial charge in [0.05, 0.1) is 18.2 Å². The number of carbonyl (C=O) groups excluding carboxylic acids is 1. The Hall–Kier alpha value is -3.30. The topological polar surface area (TPSA) is 123 Å². The van der Waals surface area contributed by atoms with Gasteiger partial charge in [0.1, 0.15) is 16.9 Å². The number of carbonyl (C=O) groups is 2. The van der Waals surface area contributed by atoms with Gasteiger partial charge < -0.3 is 14.6 Å². The minimum atomic E-state index is -4.09. The van der Waals surface area contributed by atoms with Crippen LogP contribution in [0.25, 0.3) is 10.9 Å². The molecule has 3 rings (SSSR count). The van der Waals surface area contributed by atoms with E-state index in [9.17, 15) is 18.0 Å². The smallest absolute Gasteiger partial charge is 0.303 e. The molecule has 1 heterocycles. The van der Waals surface area contributed by atoms with Crippen LogP contribution < -0.4 is 9.46 Å². The Labute approximate surface area is 179 Å². The van der Waals surface area contributed by atoms with Crippen molar-refractivity contribution in [3.8, 4) is 5.75 Å². The molecule has 0 saturated heterocycles. The number of fused-ring (bicyclic) bond motifs is 1. The van der Waals surface area contributed by atoms with Gasteiger partial charge >= 0.3 is 5.97 Å². The number of aromatic nitrogens is 1. The largest absolute Gasteiger partial charge is 0.492 e. The summed E-state index contributed by atoms with van der Waals surface area (Å²) in [6.45, 7) is 0.233. The first-order chi connectivity index (χ1) is 14.9. The second kappa shape index (κ2) is 10.1. The number of nitrogens with zero attached hydrogens (tertiary/aromatic N) is 1. The summed E-state index contributed by atoms with van der Waals surface area (Å²) in [5, 5.41) is 9.76. The lowest BCUT2D eigenvalue weighted by Gasteiger charge is -2.15. The van der Waals surface area contributed by atoms with Crippen LogP contribution in [0.3, 0.4) is 0 Å². The third kappa shape index (κ3) is 5.87. The number of rotatable bonds is 11. The SMILES string of the molecule is O=C[C@H](CCC(=O)O)NS(=O)(=O)c1ccccc1OCCc1cccc2ncccc12. The van der Waals surface area contributed by atoms with Crippen LogP contribution in [-0.4, -0.2) is 43.4 Å². The maximum absolute atomic E-state index is 12.8. The van der Waals surface area contributed by atoms with Gasteiger partial charge in [0.15, 0.2) is 0 Å². The second-order valence-electron chi connectivity index (χ2n) is 6.83. The summed E-state index contributed by atoms with van der Waals surface area (Å²) in [5.41, 5.74) is 1.90. The average Bonchev–Trinajstić information content (AvgIpc) is 2.77. The Bertz CT molecular complexity index is 1170. The molecule has 0 aliphatic heterocycles. The first-order valence-corrected chi connectivity index (χ1v) is 11.1. The number of hydrogen-bond acceptors (Lipinski definition) is 6. The summed E-state index contributed by atoms with van der Waals surface area (Å²) in [6, 6.07) is 14.6. The second-order valence-corrected chi connectivity index (χ2v) is 8.51. The fourth-order valence-electron chi connectivity index (χ4n) is 3.14. The molecule has 0 unspecified atom stereocenters. The standard InChI is InChI=1S/C22H22N2O6S/c25-15-17(10-11-22(26)27)24-31(28,29)21-9-2-1-8-20(21)30-14-12-16-5-3-7-19-18(16)6-4-13-23-19/h1-9,13,15,17,24H,10-12,14H2,(H,26,27)/t17-/m0/s1. The lowest BCUT2D eigenvalue weighted by molar-refractivity contribution is -0.137. The summed E-state index contributed by atoms with van der Waals surface area (Å²) in [5.74, 6) is -0.963. The van der Waals surface area contributed by atoms with E-state index < -0.39 is 22.0 Å². The van der Waals surface area contributed by atoms with Gasteiger partial charge in [0.2, 0.25) is 10.0 Å².